The zero-order valence-electron chi connectivity index (χ0n) is 18.8. The minimum Gasteiger partial charge on any atom is -0.497 e. The maximum Gasteiger partial charge on any atom is 0.274 e. The van der Waals surface area contributed by atoms with E-state index >= 15 is 0 Å². The van der Waals surface area contributed by atoms with Gasteiger partial charge >= 0.3 is 0 Å². The van der Waals surface area contributed by atoms with Gasteiger partial charge in [-0.1, -0.05) is 37.8 Å². The molecular weight excluding hydrogens is 430 g/mol. The highest BCUT2D eigenvalue weighted by molar-refractivity contribution is 5.93. The van der Waals surface area contributed by atoms with Crippen molar-refractivity contribution in [3.8, 4) is 22.8 Å². The molecule has 7 nitrogen and oxygen atoms in total. The van der Waals surface area contributed by atoms with E-state index in [-0.39, 0.29) is 25.5 Å². The van der Waals surface area contributed by atoms with E-state index in [0.717, 1.165) is 33.5 Å². The SMILES string of the molecule is C.COc1ccc(OCC(=O)NCc2cc(-c3nn(C)c(=O)c4ccccc34)ccc2C)cc1. The Balaban J connectivity index is 0.00000324. The number of benzene rings is 3. The van der Waals surface area contributed by atoms with Crippen LogP contribution in [0, 0.1) is 6.92 Å². The van der Waals surface area contributed by atoms with Gasteiger partial charge in [-0.15, -0.1) is 0 Å². The molecule has 0 saturated carbocycles. The van der Waals surface area contributed by atoms with Crippen molar-refractivity contribution in [3.63, 3.8) is 0 Å². The van der Waals surface area contributed by atoms with E-state index in [0.29, 0.717) is 17.7 Å². The van der Waals surface area contributed by atoms with Crippen molar-refractivity contribution in [1.29, 1.82) is 0 Å². The number of carbonyl (C=O) groups excluding carboxylic acids is 1. The fourth-order valence-corrected chi connectivity index (χ4v) is 3.59. The summed E-state index contributed by atoms with van der Waals surface area (Å²) in [5.74, 6) is 1.10. The van der Waals surface area contributed by atoms with Gasteiger partial charge in [0.15, 0.2) is 6.61 Å². The standard InChI is InChI=1S/C26H25N3O4.CH4/c1-17-8-9-18(25-22-6-4-5-7-23(22)26(31)29(2)28-25)14-19(17)15-27-24(30)16-33-21-12-10-20(32-3)11-13-21;/h4-14H,15-16H2,1-3H3,(H,27,30);1H4. The highest BCUT2D eigenvalue weighted by Gasteiger charge is 2.12. The summed E-state index contributed by atoms with van der Waals surface area (Å²) in [6.07, 6.45) is 0. The van der Waals surface area contributed by atoms with Crippen molar-refractivity contribution < 1.29 is 14.3 Å². The molecule has 176 valence electrons. The van der Waals surface area contributed by atoms with Crippen LogP contribution in [0.1, 0.15) is 18.6 Å². The van der Waals surface area contributed by atoms with Crippen molar-refractivity contribution in [2.45, 2.75) is 20.9 Å². The van der Waals surface area contributed by atoms with Crippen molar-refractivity contribution in [3.05, 3.63) is 88.2 Å². The van der Waals surface area contributed by atoms with Gasteiger partial charge in [-0.25, -0.2) is 4.68 Å². The van der Waals surface area contributed by atoms with E-state index in [1.54, 1.807) is 44.5 Å². The Hall–Kier alpha value is -4.13. The van der Waals surface area contributed by atoms with Crippen LogP contribution >= 0.6 is 0 Å². The zero-order valence-corrected chi connectivity index (χ0v) is 18.8. The monoisotopic (exact) mass is 459 g/mol. The van der Waals surface area contributed by atoms with E-state index < -0.39 is 0 Å². The van der Waals surface area contributed by atoms with Gasteiger partial charge in [-0.3, -0.25) is 9.59 Å². The second-order valence-electron chi connectivity index (χ2n) is 7.71. The molecule has 3 aromatic carbocycles. The third-order valence-corrected chi connectivity index (χ3v) is 5.48. The smallest absolute Gasteiger partial charge is 0.274 e. The third-order valence-electron chi connectivity index (χ3n) is 5.48. The molecule has 4 rings (SSSR count). The van der Waals surface area contributed by atoms with Crippen molar-refractivity contribution >= 4 is 16.7 Å². The largest absolute Gasteiger partial charge is 0.497 e. The molecule has 0 unspecified atom stereocenters. The van der Waals surface area contributed by atoms with Gasteiger partial charge in [0.2, 0.25) is 0 Å². The molecule has 0 aliphatic rings. The molecule has 1 amide bonds. The number of methoxy groups -OCH3 is 1. The predicted octanol–water partition coefficient (Wildman–Crippen LogP) is 4.25. The number of ether oxygens (including phenoxy) is 2. The Morgan fingerprint density at radius 1 is 1.00 bits per heavy atom. The molecule has 0 atom stereocenters. The molecule has 1 N–H and O–H groups in total. The third kappa shape index (κ3) is 5.26. The highest BCUT2D eigenvalue weighted by Crippen LogP contribution is 2.26. The van der Waals surface area contributed by atoms with Gasteiger partial charge < -0.3 is 14.8 Å². The Labute approximate surface area is 199 Å². The molecule has 0 fully saturated rings. The molecule has 0 bridgehead atoms. The Kier molecular flexibility index (Phi) is 7.68. The predicted molar refractivity (Wildman–Crippen MR) is 134 cm³/mol. The Bertz CT molecular complexity index is 1360. The maximum atomic E-state index is 12.4. The molecule has 34 heavy (non-hydrogen) atoms. The first-order chi connectivity index (χ1) is 16.0. The van der Waals surface area contributed by atoms with Gasteiger partial charge in [-0.05, 0) is 54.4 Å². The van der Waals surface area contributed by atoms with Crippen molar-refractivity contribution in [1.82, 2.24) is 15.1 Å². The van der Waals surface area contributed by atoms with Crippen LogP contribution in [0.4, 0.5) is 0 Å². The molecular formula is C27H29N3O4. The van der Waals surface area contributed by atoms with Crippen LogP contribution in [0.15, 0.2) is 71.5 Å². The van der Waals surface area contributed by atoms with E-state index in [9.17, 15) is 9.59 Å². The Morgan fingerprint density at radius 3 is 2.38 bits per heavy atom. The molecule has 0 aliphatic carbocycles. The average Bonchev–Trinajstić information content (AvgIpc) is 2.85. The fourth-order valence-electron chi connectivity index (χ4n) is 3.59. The molecule has 0 radical (unpaired) electrons. The number of nitrogens with one attached hydrogen (secondary N) is 1. The average molecular weight is 460 g/mol. The normalized spacial score (nSPS) is 10.4. The molecule has 0 saturated heterocycles. The van der Waals surface area contributed by atoms with Crippen molar-refractivity contribution in [2.24, 2.45) is 7.05 Å². The molecule has 0 spiro atoms. The lowest BCUT2D eigenvalue weighted by atomic mass is 10.00. The second kappa shape index (κ2) is 10.7. The van der Waals surface area contributed by atoms with Crippen LogP contribution in [-0.2, 0) is 18.4 Å². The number of fused-ring (bicyclic) bond motifs is 1. The lowest BCUT2D eigenvalue weighted by Crippen LogP contribution is -2.28. The van der Waals surface area contributed by atoms with Crippen molar-refractivity contribution in [2.75, 3.05) is 13.7 Å². The summed E-state index contributed by atoms with van der Waals surface area (Å²) >= 11 is 0. The summed E-state index contributed by atoms with van der Waals surface area (Å²) in [5.41, 5.74) is 3.48. The first kappa shape index (κ1) is 24.5. The quantitative estimate of drug-likeness (QED) is 0.447. The van der Waals surface area contributed by atoms with E-state index in [4.69, 9.17) is 9.47 Å². The maximum absolute atomic E-state index is 12.4. The van der Waals surface area contributed by atoms with E-state index in [2.05, 4.69) is 10.4 Å². The Morgan fingerprint density at radius 2 is 1.68 bits per heavy atom. The lowest BCUT2D eigenvalue weighted by molar-refractivity contribution is -0.123. The topological polar surface area (TPSA) is 82.4 Å². The van der Waals surface area contributed by atoms with Gasteiger partial charge in [0, 0.05) is 24.5 Å². The number of hydrogen-bond acceptors (Lipinski definition) is 5. The van der Waals surface area contributed by atoms with Gasteiger partial charge in [0.05, 0.1) is 18.2 Å². The number of rotatable bonds is 7. The molecule has 0 aliphatic heterocycles. The van der Waals surface area contributed by atoms with Crippen LogP contribution in [-0.4, -0.2) is 29.4 Å². The van der Waals surface area contributed by atoms with Crippen LogP contribution < -0.4 is 20.3 Å². The number of amides is 1. The highest BCUT2D eigenvalue weighted by atomic mass is 16.5. The molecule has 4 aromatic rings. The van der Waals surface area contributed by atoms with Gasteiger partial charge in [0.25, 0.3) is 11.5 Å². The van der Waals surface area contributed by atoms with Crippen LogP contribution in [0.5, 0.6) is 11.5 Å². The number of nitrogens with zero attached hydrogens (tertiary/aromatic N) is 2. The fraction of sp³-hybridized carbons (Fsp3) is 0.222. The zero-order chi connectivity index (χ0) is 23.4. The van der Waals surface area contributed by atoms with Crippen LogP contribution in [0.3, 0.4) is 0 Å². The summed E-state index contributed by atoms with van der Waals surface area (Å²) in [5, 5.41) is 8.82. The summed E-state index contributed by atoms with van der Waals surface area (Å²) in [4.78, 5) is 24.8. The first-order valence-corrected chi connectivity index (χ1v) is 10.6. The number of carbonyl (C=O) groups is 1. The molecule has 1 aromatic heterocycles. The molecule has 1 heterocycles. The van der Waals surface area contributed by atoms with E-state index in [1.807, 2.05) is 43.3 Å². The van der Waals surface area contributed by atoms with E-state index in [1.165, 1.54) is 4.68 Å². The minimum absolute atomic E-state index is 0. The summed E-state index contributed by atoms with van der Waals surface area (Å²) in [6.45, 7) is 2.26. The minimum atomic E-state index is -0.221. The van der Waals surface area contributed by atoms with Crippen LogP contribution in [0.25, 0.3) is 22.0 Å². The van der Waals surface area contributed by atoms with Crippen LogP contribution in [0.2, 0.25) is 0 Å². The van der Waals surface area contributed by atoms with Gasteiger partial charge in [0.1, 0.15) is 11.5 Å². The van der Waals surface area contributed by atoms with Gasteiger partial charge in [-0.2, -0.15) is 5.10 Å². The number of aromatic nitrogens is 2. The second-order valence-corrected chi connectivity index (χ2v) is 7.71. The summed E-state index contributed by atoms with van der Waals surface area (Å²) in [7, 11) is 3.24. The lowest BCUT2D eigenvalue weighted by Gasteiger charge is -2.13. The number of aryl methyl sites for hydroxylation is 2. The first-order valence-electron chi connectivity index (χ1n) is 10.6. The summed E-state index contributed by atoms with van der Waals surface area (Å²) in [6, 6.07) is 20.5. The summed E-state index contributed by atoms with van der Waals surface area (Å²) < 4.78 is 12.0. The molecule has 7 heteroatoms. The number of hydrogen-bond donors (Lipinski definition) is 1.